The average molecular weight is 329 g/mol. The van der Waals surface area contributed by atoms with Crippen molar-refractivity contribution in [2.45, 2.75) is 32.8 Å². The second-order valence-corrected chi connectivity index (χ2v) is 6.15. The van der Waals surface area contributed by atoms with Crippen molar-refractivity contribution in [2.75, 3.05) is 12.3 Å². The number of halogens is 2. The maximum Gasteiger partial charge on any atom is 0.407 e. The number of hydrogen-bond acceptors (Lipinski definition) is 3. The van der Waals surface area contributed by atoms with Gasteiger partial charge in [0.25, 0.3) is 0 Å². The van der Waals surface area contributed by atoms with Gasteiger partial charge >= 0.3 is 6.09 Å². The summed E-state index contributed by atoms with van der Waals surface area (Å²) in [7, 11) is 0. The molecule has 114 valence electrons. The number of nitrogens with two attached hydrogens (primary N) is 1. The van der Waals surface area contributed by atoms with Crippen LogP contribution in [0.4, 0.5) is 10.5 Å². The molecule has 0 saturated heterocycles. The lowest BCUT2D eigenvalue weighted by molar-refractivity contribution is 0.0529. The number of ether oxygens (including phenoxy) is 1. The van der Waals surface area contributed by atoms with E-state index in [1.54, 1.807) is 32.9 Å². The molecule has 1 aromatic carbocycles. The van der Waals surface area contributed by atoms with E-state index in [9.17, 15) is 4.79 Å². The summed E-state index contributed by atoms with van der Waals surface area (Å²) in [6, 6.07) is 3.30. The highest BCUT2D eigenvalue weighted by atomic mass is 35.5. The third kappa shape index (κ3) is 6.61. The van der Waals surface area contributed by atoms with E-state index < -0.39 is 11.7 Å². The van der Waals surface area contributed by atoms with Crippen LogP contribution in [0.1, 0.15) is 32.8 Å². The number of hydrogen-bond donors (Lipinski definition) is 2. The van der Waals surface area contributed by atoms with Crippen molar-refractivity contribution in [1.82, 2.24) is 5.32 Å². The van der Waals surface area contributed by atoms with E-state index in [1.807, 2.05) is 0 Å². The first-order valence-corrected chi connectivity index (χ1v) is 7.15. The largest absolute Gasteiger partial charge is 0.444 e. The van der Waals surface area contributed by atoms with Crippen molar-refractivity contribution in [1.29, 1.82) is 0 Å². The van der Waals surface area contributed by atoms with E-state index in [1.165, 1.54) is 0 Å². The monoisotopic (exact) mass is 328 g/mol. The normalized spacial score (nSPS) is 10.5. The molecule has 1 amide bonds. The molecule has 0 bridgehead atoms. The van der Waals surface area contributed by atoms with E-state index in [0.29, 0.717) is 34.3 Å². The molecule has 0 unspecified atom stereocenters. The van der Waals surface area contributed by atoms with Crippen molar-refractivity contribution in [3.8, 4) is 11.8 Å². The number of anilines is 1. The molecular weight excluding hydrogens is 311 g/mol. The lowest BCUT2D eigenvalue weighted by Gasteiger charge is -2.19. The van der Waals surface area contributed by atoms with Gasteiger partial charge in [-0.05, 0) is 32.9 Å². The molecule has 1 rings (SSSR count). The summed E-state index contributed by atoms with van der Waals surface area (Å²) >= 11 is 11.8. The zero-order chi connectivity index (χ0) is 16.0. The van der Waals surface area contributed by atoms with Crippen LogP contribution in [0.5, 0.6) is 0 Å². The Bertz CT molecular complexity index is 561. The van der Waals surface area contributed by atoms with Crippen molar-refractivity contribution in [3.63, 3.8) is 0 Å². The number of carbonyl (C=O) groups is 1. The molecule has 21 heavy (non-hydrogen) atoms. The van der Waals surface area contributed by atoms with Crippen molar-refractivity contribution >= 4 is 35.0 Å². The molecular formula is C15H18Cl2N2O2. The van der Waals surface area contributed by atoms with Gasteiger partial charge in [-0.1, -0.05) is 35.0 Å². The van der Waals surface area contributed by atoms with E-state index in [-0.39, 0.29) is 0 Å². The van der Waals surface area contributed by atoms with Gasteiger partial charge in [0, 0.05) is 18.5 Å². The van der Waals surface area contributed by atoms with E-state index in [4.69, 9.17) is 33.7 Å². The molecule has 0 aliphatic rings. The van der Waals surface area contributed by atoms with Gasteiger partial charge in [0.2, 0.25) is 0 Å². The van der Waals surface area contributed by atoms with Crippen LogP contribution in [0.25, 0.3) is 0 Å². The summed E-state index contributed by atoms with van der Waals surface area (Å²) in [5.74, 6) is 5.82. The van der Waals surface area contributed by atoms with Crippen LogP contribution in [0.3, 0.4) is 0 Å². The predicted octanol–water partition coefficient (Wildman–Crippen LogP) is 3.84. The Kier molecular flexibility index (Phi) is 6.19. The molecule has 0 aliphatic carbocycles. The van der Waals surface area contributed by atoms with Crippen molar-refractivity contribution in [2.24, 2.45) is 0 Å². The minimum atomic E-state index is -0.507. The number of rotatable bonds is 2. The molecule has 0 atom stereocenters. The molecule has 0 saturated carbocycles. The second kappa shape index (κ2) is 7.44. The van der Waals surface area contributed by atoms with Crippen LogP contribution in [-0.4, -0.2) is 18.2 Å². The molecule has 1 aromatic rings. The van der Waals surface area contributed by atoms with Crippen LogP contribution < -0.4 is 11.1 Å². The van der Waals surface area contributed by atoms with E-state index >= 15 is 0 Å². The van der Waals surface area contributed by atoms with Gasteiger partial charge in [-0.15, -0.1) is 0 Å². The summed E-state index contributed by atoms with van der Waals surface area (Å²) in [5.41, 5.74) is 6.15. The first-order chi connectivity index (χ1) is 9.69. The third-order valence-electron chi connectivity index (χ3n) is 2.23. The summed E-state index contributed by atoms with van der Waals surface area (Å²) in [4.78, 5) is 11.4. The molecule has 0 radical (unpaired) electrons. The highest BCUT2D eigenvalue weighted by Crippen LogP contribution is 2.28. The average Bonchev–Trinajstić information content (AvgIpc) is 2.33. The summed E-state index contributed by atoms with van der Waals surface area (Å²) < 4.78 is 5.10. The Morgan fingerprint density at radius 2 is 1.90 bits per heavy atom. The molecule has 3 N–H and O–H groups in total. The zero-order valence-corrected chi connectivity index (χ0v) is 13.7. The summed E-state index contributed by atoms with van der Waals surface area (Å²) in [6.07, 6.45) is 0.0293. The van der Waals surface area contributed by atoms with Crippen LogP contribution in [0, 0.1) is 11.8 Å². The van der Waals surface area contributed by atoms with Gasteiger partial charge in [0.15, 0.2) is 0 Å². The summed E-state index contributed by atoms with van der Waals surface area (Å²) in [6.45, 7) is 5.82. The van der Waals surface area contributed by atoms with E-state index in [2.05, 4.69) is 17.2 Å². The Morgan fingerprint density at radius 3 is 2.43 bits per heavy atom. The molecule has 0 fully saturated rings. The molecule has 0 spiro atoms. The van der Waals surface area contributed by atoms with Crippen molar-refractivity contribution in [3.05, 3.63) is 27.7 Å². The van der Waals surface area contributed by atoms with Crippen LogP contribution in [0.2, 0.25) is 10.0 Å². The predicted molar refractivity (Wildman–Crippen MR) is 86.6 cm³/mol. The maximum absolute atomic E-state index is 11.4. The maximum atomic E-state index is 11.4. The summed E-state index contributed by atoms with van der Waals surface area (Å²) in [5, 5.41) is 3.37. The SMILES string of the molecule is CC(C)(C)OC(=O)NCCC#Cc1cc(Cl)c(N)c(Cl)c1. The molecule has 4 nitrogen and oxygen atoms in total. The quantitative estimate of drug-likeness (QED) is 0.492. The fraction of sp³-hybridized carbons (Fsp3) is 0.400. The topological polar surface area (TPSA) is 64.3 Å². The first-order valence-electron chi connectivity index (χ1n) is 6.39. The van der Waals surface area contributed by atoms with Gasteiger partial charge in [0.05, 0.1) is 15.7 Å². The fourth-order valence-electron chi connectivity index (χ4n) is 1.36. The van der Waals surface area contributed by atoms with Crippen LogP contribution >= 0.6 is 23.2 Å². The number of nitrogens with one attached hydrogen (secondary N) is 1. The van der Waals surface area contributed by atoms with Gasteiger partial charge in [0.1, 0.15) is 5.60 Å². The minimum absolute atomic E-state index is 0.343. The molecule has 0 aromatic heterocycles. The molecule has 0 heterocycles. The van der Waals surface area contributed by atoms with Gasteiger partial charge in [-0.25, -0.2) is 4.79 Å². The Balaban J connectivity index is 2.46. The standard InChI is InChI=1S/C15H18Cl2N2O2/c1-15(2,3)21-14(20)19-7-5-4-6-10-8-11(16)13(18)12(17)9-10/h8-9H,5,7,18H2,1-3H3,(H,19,20). The minimum Gasteiger partial charge on any atom is -0.444 e. The number of benzene rings is 1. The van der Waals surface area contributed by atoms with Crippen LogP contribution in [-0.2, 0) is 4.74 Å². The fourth-order valence-corrected chi connectivity index (χ4v) is 1.85. The lowest BCUT2D eigenvalue weighted by atomic mass is 10.2. The zero-order valence-electron chi connectivity index (χ0n) is 12.2. The van der Waals surface area contributed by atoms with Gasteiger partial charge < -0.3 is 15.8 Å². The molecule has 0 aliphatic heterocycles. The van der Waals surface area contributed by atoms with Crippen LogP contribution in [0.15, 0.2) is 12.1 Å². The highest BCUT2D eigenvalue weighted by molar-refractivity contribution is 6.39. The van der Waals surface area contributed by atoms with Gasteiger partial charge in [-0.2, -0.15) is 0 Å². The van der Waals surface area contributed by atoms with Gasteiger partial charge in [-0.3, -0.25) is 0 Å². The number of carbonyl (C=O) groups excluding carboxylic acids is 1. The Morgan fingerprint density at radius 1 is 1.33 bits per heavy atom. The number of alkyl carbamates (subject to hydrolysis) is 1. The Hall–Kier alpha value is -1.57. The van der Waals surface area contributed by atoms with E-state index in [0.717, 1.165) is 0 Å². The molecule has 6 heteroatoms. The lowest BCUT2D eigenvalue weighted by Crippen LogP contribution is -2.32. The van der Waals surface area contributed by atoms with Crippen molar-refractivity contribution < 1.29 is 9.53 Å². The third-order valence-corrected chi connectivity index (χ3v) is 2.86. The highest BCUT2D eigenvalue weighted by Gasteiger charge is 2.15. The Labute approximate surface area is 134 Å². The second-order valence-electron chi connectivity index (χ2n) is 5.33. The first kappa shape index (κ1) is 17.5. The number of amides is 1. The number of nitrogen functional groups attached to an aromatic ring is 1. The smallest absolute Gasteiger partial charge is 0.407 e.